The molecule has 6 heteroatoms. The number of hydrogen-bond acceptors (Lipinski definition) is 5. The summed E-state index contributed by atoms with van der Waals surface area (Å²) in [5.41, 5.74) is 0. The Morgan fingerprint density at radius 1 is 0.941 bits per heavy atom. The van der Waals surface area contributed by atoms with E-state index < -0.39 is 0 Å². The minimum absolute atomic E-state index is 0.205. The Labute approximate surface area is 107 Å². The van der Waals surface area contributed by atoms with E-state index in [1.54, 1.807) is 0 Å². The molecular weight excluding hydrogens is 238 g/mol. The van der Waals surface area contributed by atoms with E-state index in [1.807, 2.05) is 0 Å². The van der Waals surface area contributed by atoms with Crippen LogP contribution in [0, 0.1) is 0 Å². The molecule has 1 aromatic rings. The third-order valence-corrected chi connectivity index (χ3v) is 2.75. The monoisotopic (exact) mass is 257 g/mol. The van der Waals surface area contributed by atoms with Crippen molar-refractivity contribution in [3.8, 4) is 0 Å². The van der Waals surface area contributed by atoms with E-state index >= 15 is 0 Å². The van der Waals surface area contributed by atoms with Gasteiger partial charge in [0.1, 0.15) is 0 Å². The van der Waals surface area contributed by atoms with Crippen molar-refractivity contribution in [2.75, 3.05) is 10.6 Å². The van der Waals surface area contributed by atoms with Crippen molar-refractivity contribution >= 4 is 23.5 Å². The Hall–Kier alpha value is -1.10. The molecule has 0 bridgehead atoms. The van der Waals surface area contributed by atoms with Crippen LogP contribution < -0.4 is 10.6 Å². The highest BCUT2D eigenvalue weighted by atomic mass is 35.5. The van der Waals surface area contributed by atoms with Gasteiger partial charge in [-0.15, -0.1) is 0 Å². The summed E-state index contributed by atoms with van der Waals surface area (Å²) in [5.74, 6) is 1.04. The first-order chi connectivity index (χ1) is 8.05. The normalized spacial score (nSPS) is 14.2. The van der Waals surface area contributed by atoms with Crippen LogP contribution in [-0.2, 0) is 0 Å². The SMILES string of the molecule is CC[C@@H](C)Nc1nc(Cl)nc(N[C@@H](C)CC)n1. The molecule has 0 aliphatic carbocycles. The van der Waals surface area contributed by atoms with Gasteiger partial charge in [0.15, 0.2) is 0 Å². The van der Waals surface area contributed by atoms with Crippen LogP contribution in [0.15, 0.2) is 0 Å². The maximum Gasteiger partial charge on any atom is 0.229 e. The summed E-state index contributed by atoms with van der Waals surface area (Å²) in [6.07, 6.45) is 1.99. The summed E-state index contributed by atoms with van der Waals surface area (Å²) >= 11 is 5.86. The van der Waals surface area contributed by atoms with Crippen LogP contribution in [-0.4, -0.2) is 27.0 Å². The lowest BCUT2D eigenvalue weighted by Crippen LogP contribution is -2.19. The molecule has 2 atom stereocenters. The van der Waals surface area contributed by atoms with Crippen molar-refractivity contribution in [2.24, 2.45) is 0 Å². The van der Waals surface area contributed by atoms with E-state index in [4.69, 9.17) is 11.6 Å². The van der Waals surface area contributed by atoms with Gasteiger partial charge in [-0.2, -0.15) is 15.0 Å². The second-order valence-electron chi connectivity index (χ2n) is 4.16. The number of hydrogen-bond donors (Lipinski definition) is 2. The number of nitrogens with zero attached hydrogens (tertiary/aromatic N) is 3. The first kappa shape index (κ1) is 14.0. The van der Waals surface area contributed by atoms with Crippen molar-refractivity contribution in [1.29, 1.82) is 0 Å². The van der Waals surface area contributed by atoms with E-state index in [0.717, 1.165) is 12.8 Å². The molecule has 2 N–H and O–H groups in total. The zero-order chi connectivity index (χ0) is 12.8. The van der Waals surface area contributed by atoms with Crippen LogP contribution in [0.2, 0.25) is 5.28 Å². The van der Waals surface area contributed by atoms with Gasteiger partial charge in [0.2, 0.25) is 17.2 Å². The molecule has 0 saturated carbocycles. The Morgan fingerprint density at radius 3 is 1.71 bits per heavy atom. The van der Waals surface area contributed by atoms with Crippen LogP contribution in [0.5, 0.6) is 0 Å². The molecule has 1 aromatic heterocycles. The number of halogens is 1. The Kier molecular flexibility index (Phi) is 5.41. The predicted octanol–water partition coefficient (Wildman–Crippen LogP) is 2.95. The molecule has 0 fully saturated rings. The van der Waals surface area contributed by atoms with Crippen molar-refractivity contribution < 1.29 is 0 Å². The minimum Gasteiger partial charge on any atom is -0.352 e. The zero-order valence-electron chi connectivity index (χ0n) is 10.8. The number of anilines is 2. The van der Waals surface area contributed by atoms with Gasteiger partial charge in [-0.3, -0.25) is 0 Å². The van der Waals surface area contributed by atoms with Crippen LogP contribution >= 0.6 is 11.6 Å². The molecule has 5 nitrogen and oxygen atoms in total. The highest BCUT2D eigenvalue weighted by molar-refractivity contribution is 6.28. The van der Waals surface area contributed by atoms with Crippen molar-refractivity contribution in [1.82, 2.24) is 15.0 Å². The molecule has 0 amide bonds. The molecule has 1 heterocycles. The third kappa shape index (κ3) is 4.73. The molecule has 17 heavy (non-hydrogen) atoms. The average molecular weight is 258 g/mol. The number of aromatic nitrogens is 3. The van der Waals surface area contributed by atoms with Gasteiger partial charge in [0.05, 0.1) is 0 Å². The quantitative estimate of drug-likeness (QED) is 0.820. The summed E-state index contributed by atoms with van der Waals surface area (Å²) in [6, 6.07) is 0.620. The maximum absolute atomic E-state index is 5.86. The lowest BCUT2D eigenvalue weighted by molar-refractivity contribution is 0.738. The molecule has 0 spiro atoms. The lowest BCUT2D eigenvalue weighted by Gasteiger charge is -2.14. The smallest absolute Gasteiger partial charge is 0.229 e. The molecule has 0 aliphatic rings. The minimum atomic E-state index is 0.205. The van der Waals surface area contributed by atoms with E-state index in [2.05, 4.69) is 53.3 Å². The average Bonchev–Trinajstić information content (AvgIpc) is 2.27. The van der Waals surface area contributed by atoms with Crippen molar-refractivity contribution in [3.05, 3.63) is 5.28 Å². The summed E-state index contributed by atoms with van der Waals surface area (Å²) in [7, 11) is 0. The fourth-order valence-corrected chi connectivity index (χ4v) is 1.28. The fraction of sp³-hybridized carbons (Fsp3) is 0.727. The highest BCUT2D eigenvalue weighted by Crippen LogP contribution is 2.12. The molecule has 0 saturated heterocycles. The highest BCUT2D eigenvalue weighted by Gasteiger charge is 2.08. The zero-order valence-corrected chi connectivity index (χ0v) is 11.5. The molecule has 96 valence electrons. The van der Waals surface area contributed by atoms with Gasteiger partial charge in [-0.05, 0) is 38.3 Å². The molecule has 1 rings (SSSR count). The Balaban J connectivity index is 2.79. The summed E-state index contributed by atoms with van der Waals surface area (Å²) < 4.78 is 0. The van der Waals surface area contributed by atoms with E-state index in [-0.39, 0.29) is 5.28 Å². The summed E-state index contributed by atoms with van der Waals surface area (Å²) in [5, 5.41) is 6.56. The summed E-state index contributed by atoms with van der Waals surface area (Å²) in [6.45, 7) is 8.33. The Morgan fingerprint density at radius 2 is 1.35 bits per heavy atom. The Bertz CT molecular complexity index is 327. The molecular formula is C11H20ClN5. The number of nitrogens with one attached hydrogen (secondary N) is 2. The largest absolute Gasteiger partial charge is 0.352 e. The molecule has 0 radical (unpaired) electrons. The van der Waals surface area contributed by atoms with Gasteiger partial charge in [-0.25, -0.2) is 0 Å². The van der Waals surface area contributed by atoms with Crippen LogP contribution in [0.3, 0.4) is 0 Å². The maximum atomic E-state index is 5.86. The van der Waals surface area contributed by atoms with Crippen LogP contribution in [0.4, 0.5) is 11.9 Å². The van der Waals surface area contributed by atoms with E-state index in [9.17, 15) is 0 Å². The second kappa shape index (κ2) is 6.59. The van der Waals surface area contributed by atoms with E-state index in [1.165, 1.54) is 0 Å². The topological polar surface area (TPSA) is 62.7 Å². The van der Waals surface area contributed by atoms with Gasteiger partial charge < -0.3 is 10.6 Å². The van der Waals surface area contributed by atoms with Crippen LogP contribution in [0.25, 0.3) is 0 Å². The van der Waals surface area contributed by atoms with Gasteiger partial charge in [0, 0.05) is 12.1 Å². The summed E-state index contributed by atoms with van der Waals surface area (Å²) in [4.78, 5) is 12.4. The third-order valence-electron chi connectivity index (χ3n) is 2.58. The molecule has 0 aromatic carbocycles. The first-order valence-corrected chi connectivity index (χ1v) is 6.37. The molecule has 0 unspecified atom stereocenters. The fourth-order valence-electron chi connectivity index (χ4n) is 1.12. The standard InChI is InChI=1S/C11H20ClN5/c1-5-7(3)13-10-15-9(12)16-11(17-10)14-8(4)6-2/h7-8H,5-6H2,1-4H3,(H2,13,14,15,16,17)/t7-,8+. The molecule has 0 aliphatic heterocycles. The van der Waals surface area contributed by atoms with E-state index in [0.29, 0.717) is 24.0 Å². The lowest BCUT2D eigenvalue weighted by atomic mass is 10.3. The second-order valence-corrected chi connectivity index (χ2v) is 4.50. The van der Waals surface area contributed by atoms with Crippen molar-refractivity contribution in [3.63, 3.8) is 0 Å². The van der Waals surface area contributed by atoms with Gasteiger partial charge in [0.25, 0.3) is 0 Å². The number of rotatable bonds is 6. The first-order valence-electron chi connectivity index (χ1n) is 5.99. The predicted molar refractivity (Wildman–Crippen MR) is 71.6 cm³/mol. The van der Waals surface area contributed by atoms with Crippen LogP contribution in [0.1, 0.15) is 40.5 Å². The van der Waals surface area contributed by atoms with Crippen molar-refractivity contribution in [2.45, 2.75) is 52.6 Å². The van der Waals surface area contributed by atoms with Gasteiger partial charge in [-0.1, -0.05) is 13.8 Å². The van der Waals surface area contributed by atoms with Gasteiger partial charge >= 0.3 is 0 Å².